The van der Waals surface area contributed by atoms with Gasteiger partial charge in [-0.2, -0.15) is 0 Å². The summed E-state index contributed by atoms with van der Waals surface area (Å²) in [4.78, 5) is 13.5. The van der Waals surface area contributed by atoms with Crippen LogP contribution in [0, 0.1) is 6.92 Å². The van der Waals surface area contributed by atoms with Crippen LogP contribution in [-0.2, 0) is 4.79 Å². The zero-order chi connectivity index (χ0) is 16.7. The molecule has 120 valence electrons. The first kappa shape index (κ1) is 15.4. The number of amides is 1. The SMILES string of the molecule is Cc1ccc([C@H]2CC(=O)Nc3c(-c4ccc(Cl)cc4)csc32)cc1. The number of anilines is 1. The van der Waals surface area contributed by atoms with Crippen LogP contribution in [0.15, 0.2) is 53.9 Å². The van der Waals surface area contributed by atoms with Crippen LogP contribution in [-0.4, -0.2) is 5.91 Å². The maximum absolute atomic E-state index is 12.3. The van der Waals surface area contributed by atoms with Gasteiger partial charge in [-0.3, -0.25) is 4.79 Å². The molecule has 0 fully saturated rings. The van der Waals surface area contributed by atoms with Gasteiger partial charge < -0.3 is 5.32 Å². The highest BCUT2D eigenvalue weighted by Gasteiger charge is 2.30. The number of carbonyl (C=O) groups excluding carboxylic acids is 1. The molecule has 1 amide bonds. The Morgan fingerprint density at radius 1 is 1.08 bits per heavy atom. The van der Waals surface area contributed by atoms with Crippen LogP contribution in [0.5, 0.6) is 0 Å². The summed E-state index contributed by atoms with van der Waals surface area (Å²) in [6.07, 6.45) is 0.497. The summed E-state index contributed by atoms with van der Waals surface area (Å²) in [6, 6.07) is 16.2. The van der Waals surface area contributed by atoms with E-state index in [9.17, 15) is 4.79 Å². The minimum atomic E-state index is 0.0710. The van der Waals surface area contributed by atoms with Gasteiger partial charge in [0.25, 0.3) is 0 Å². The molecule has 4 rings (SSSR count). The molecule has 0 bridgehead atoms. The standard InChI is InChI=1S/C20H16ClNOS/c1-12-2-4-13(5-3-12)16-10-18(23)22-19-17(11-24-20(16)19)14-6-8-15(21)9-7-14/h2-9,11,16H,10H2,1H3,(H,22,23)/t16-/m1/s1. The fraction of sp³-hybridized carbons (Fsp3) is 0.150. The van der Waals surface area contributed by atoms with Gasteiger partial charge >= 0.3 is 0 Å². The van der Waals surface area contributed by atoms with Crippen molar-refractivity contribution in [2.45, 2.75) is 19.3 Å². The Morgan fingerprint density at radius 2 is 1.79 bits per heavy atom. The number of fused-ring (bicyclic) bond motifs is 1. The molecule has 2 aromatic carbocycles. The van der Waals surface area contributed by atoms with Crippen molar-refractivity contribution in [3.63, 3.8) is 0 Å². The third kappa shape index (κ3) is 2.74. The van der Waals surface area contributed by atoms with Gasteiger partial charge in [0.1, 0.15) is 0 Å². The fourth-order valence-corrected chi connectivity index (χ4v) is 4.42. The molecule has 2 nitrogen and oxygen atoms in total. The predicted octanol–water partition coefficient (Wildman–Crippen LogP) is 5.85. The number of nitrogens with one attached hydrogen (secondary N) is 1. The molecule has 4 heteroatoms. The molecular formula is C20H16ClNOS. The van der Waals surface area contributed by atoms with E-state index < -0.39 is 0 Å². The van der Waals surface area contributed by atoms with Crippen LogP contribution in [0.3, 0.4) is 0 Å². The molecule has 0 spiro atoms. The molecule has 1 aliphatic heterocycles. The van der Waals surface area contributed by atoms with Crippen LogP contribution >= 0.6 is 22.9 Å². The quantitative estimate of drug-likeness (QED) is 0.615. The van der Waals surface area contributed by atoms with Gasteiger partial charge in [-0.25, -0.2) is 0 Å². The lowest BCUT2D eigenvalue weighted by molar-refractivity contribution is -0.116. The maximum atomic E-state index is 12.3. The molecule has 1 aliphatic rings. The van der Waals surface area contributed by atoms with Gasteiger partial charge in [0.2, 0.25) is 5.91 Å². The molecular weight excluding hydrogens is 338 g/mol. The molecule has 0 saturated carbocycles. The van der Waals surface area contributed by atoms with E-state index in [4.69, 9.17) is 11.6 Å². The van der Waals surface area contributed by atoms with E-state index in [0.717, 1.165) is 16.8 Å². The van der Waals surface area contributed by atoms with Crippen molar-refractivity contribution < 1.29 is 4.79 Å². The van der Waals surface area contributed by atoms with Gasteiger partial charge in [0, 0.05) is 33.2 Å². The summed E-state index contributed by atoms with van der Waals surface area (Å²) >= 11 is 7.70. The van der Waals surface area contributed by atoms with Gasteiger partial charge in [-0.15, -0.1) is 11.3 Å². The number of halogens is 1. The van der Waals surface area contributed by atoms with Crippen LogP contribution in [0.4, 0.5) is 5.69 Å². The number of rotatable bonds is 2. The number of hydrogen-bond acceptors (Lipinski definition) is 2. The van der Waals surface area contributed by atoms with Crippen LogP contribution in [0.25, 0.3) is 11.1 Å². The van der Waals surface area contributed by atoms with Crippen molar-refractivity contribution in [2.24, 2.45) is 0 Å². The molecule has 24 heavy (non-hydrogen) atoms. The van der Waals surface area contributed by atoms with Crippen LogP contribution in [0.2, 0.25) is 5.02 Å². The summed E-state index contributed by atoms with van der Waals surface area (Å²) in [5, 5.41) is 5.91. The van der Waals surface area contributed by atoms with E-state index in [0.29, 0.717) is 11.4 Å². The Bertz CT molecular complexity index is 896. The number of thiophene rings is 1. The molecule has 3 aromatic rings. The number of benzene rings is 2. The van der Waals surface area contributed by atoms with E-state index in [2.05, 4.69) is 41.9 Å². The highest BCUT2D eigenvalue weighted by Crippen LogP contribution is 2.46. The van der Waals surface area contributed by atoms with Crippen LogP contribution in [0.1, 0.15) is 28.3 Å². The van der Waals surface area contributed by atoms with Gasteiger partial charge in [0.05, 0.1) is 5.69 Å². The third-order valence-corrected chi connectivity index (χ3v) is 5.77. The Morgan fingerprint density at radius 3 is 2.50 bits per heavy atom. The largest absolute Gasteiger partial charge is 0.325 e. The highest BCUT2D eigenvalue weighted by atomic mass is 35.5. The van der Waals surface area contributed by atoms with Crippen molar-refractivity contribution in [1.29, 1.82) is 0 Å². The summed E-state index contributed by atoms with van der Waals surface area (Å²) in [5.74, 6) is 0.196. The first-order chi connectivity index (χ1) is 11.6. The third-order valence-electron chi connectivity index (χ3n) is 4.42. The Labute approximate surface area is 150 Å². The molecule has 2 heterocycles. The van der Waals surface area contributed by atoms with E-state index in [1.165, 1.54) is 16.0 Å². The average molecular weight is 354 g/mol. The van der Waals surface area contributed by atoms with Gasteiger partial charge in [-0.1, -0.05) is 53.6 Å². The van der Waals surface area contributed by atoms with Crippen molar-refractivity contribution in [3.8, 4) is 11.1 Å². The highest BCUT2D eigenvalue weighted by molar-refractivity contribution is 7.11. The summed E-state index contributed by atoms with van der Waals surface area (Å²) < 4.78 is 0. The first-order valence-electron chi connectivity index (χ1n) is 7.85. The normalized spacial score (nSPS) is 16.6. The monoisotopic (exact) mass is 353 g/mol. The second-order valence-electron chi connectivity index (χ2n) is 6.11. The first-order valence-corrected chi connectivity index (χ1v) is 9.11. The number of aryl methyl sites for hydroxylation is 1. The summed E-state index contributed by atoms with van der Waals surface area (Å²) in [7, 11) is 0. The Hall–Kier alpha value is -2.10. The number of carbonyl (C=O) groups is 1. The lowest BCUT2D eigenvalue weighted by Crippen LogP contribution is -2.22. The molecule has 1 aromatic heterocycles. The topological polar surface area (TPSA) is 29.1 Å². The zero-order valence-electron chi connectivity index (χ0n) is 13.2. The van der Waals surface area contributed by atoms with Crippen molar-refractivity contribution in [3.05, 3.63) is 74.9 Å². The lowest BCUT2D eigenvalue weighted by atomic mass is 9.89. The fourth-order valence-electron chi connectivity index (χ4n) is 3.14. The predicted molar refractivity (Wildman–Crippen MR) is 101 cm³/mol. The maximum Gasteiger partial charge on any atom is 0.225 e. The summed E-state index contributed by atoms with van der Waals surface area (Å²) in [6.45, 7) is 2.08. The van der Waals surface area contributed by atoms with Gasteiger partial charge in [0.15, 0.2) is 0 Å². The Balaban J connectivity index is 1.80. The van der Waals surface area contributed by atoms with E-state index in [1.807, 2.05) is 24.3 Å². The molecule has 0 aliphatic carbocycles. The van der Waals surface area contributed by atoms with Crippen molar-refractivity contribution in [1.82, 2.24) is 0 Å². The molecule has 1 N–H and O–H groups in total. The molecule has 0 radical (unpaired) electrons. The van der Waals surface area contributed by atoms with E-state index in [-0.39, 0.29) is 11.8 Å². The van der Waals surface area contributed by atoms with E-state index >= 15 is 0 Å². The zero-order valence-corrected chi connectivity index (χ0v) is 14.7. The average Bonchev–Trinajstić information content (AvgIpc) is 2.99. The Kier molecular flexibility index (Phi) is 3.91. The van der Waals surface area contributed by atoms with Gasteiger partial charge in [-0.05, 0) is 30.2 Å². The van der Waals surface area contributed by atoms with Crippen molar-refractivity contribution in [2.75, 3.05) is 5.32 Å². The minimum Gasteiger partial charge on any atom is -0.325 e. The second-order valence-corrected chi connectivity index (χ2v) is 7.46. The molecule has 0 saturated heterocycles. The smallest absolute Gasteiger partial charge is 0.225 e. The van der Waals surface area contributed by atoms with Crippen LogP contribution < -0.4 is 5.32 Å². The van der Waals surface area contributed by atoms with Crippen molar-refractivity contribution >= 4 is 34.5 Å². The minimum absolute atomic E-state index is 0.0710. The lowest BCUT2D eigenvalue weighted by Gasteiger charge is -2.24. The molecule has 0 unspecified atom stereocenters. The number of hydrogen-bond donors (Lipinski definition) is 1. The second kappa shape index (κ2) is 6.08. The summed E-state index contributed by atoms with van der Waals surface area (Å²) in [5.41, 5.74) is 5.51. The van der Waals surface area contributed by atoms with E-state index in [1.54, 1.807) is 11.3 Å². The molecule has 1 atom stereocenters.